The second-order valence-corrected chi connectivity index (χ2v) is 6.97. The maximum absolute atomic E-state index is 10.4. The molecule has 0 saturated carbocycles. The maximum Gasteiger partial charge on any atom is 0.119 e. The Labute approximate surface area is 152 Å². The Morgan fingerprint density at radius 2 is 1.65 bits per heavy atom. The van der Waals surface area contributed by atoms with E-state index in [0.717, 1.165) is 40.4 Å². The van der Waals surface area contributed by atoms with Gasteiger partial charge in [-0.1, -0.05) is 60.7 Å². The van der Waals surface area contributed by atoms with Crippen LogP contribution in [0.2, 0.25) is 0 Å². The van der Waals surface area contributed by atoms with Crippen LogP contribution in [0.4, 0.5) is 0 Å². The van der Waals surface area contributed by atoms with Crippen molar-refractivity contribution in [3.8, 4) is 17.0 Å². The van der Waals surface area contributed by atoms with Crippen molar-refractivity contribution in [2.24, 2.45) is 0 Å². The highest BCUT2D eigenvalue weighted by Gasteiger charge is 2.17. The first-order valence-corrected chi connectivity index (χ1v) is 9.05. The lowest BCUT2D eigenvalue weighted by atomic mass is 9.88. The molecule has 3 aromatic carbocycles. The van der Waals surface area contributed by atoms with E-state index in [1.807, 2.05) is 24.4 Å². The number of nitrogens with zero attached hydrogens (tertiary/aromatic N) is 1. The first-order chi connectivity index (χ1) is 12.8. The Kier molecular flexibility index (Phi) is 3.49. The minimum Gasteiger partial charge on any atom is -0.508 e. The van der Waals surface area contributed by atoms with Gasteiger partial charge in [-0.25, -0.2) is 0 Å². The summed E-state index contributed by atoms with van der Waals surface area (Å²) in [5, 5.41) is 12.7. The molecule has 0 radical (unpaired) electrons. The molecule has 0 unspecified atom stereocenters. The van der Waals surface area contributed by atoms with Gasteiger partial charge in [0.2, 0.25) is 0 Å². The molecule has 2 nitrogen and oxygen atoms in total. The van der Waals surface area contributed by atoms with E-state index in [9.17, 15) is 5.11 Å². The van der Waals surface area contributed by atoms with Crippen LogP contribution in [-0.2, 0) is 19.3 Å². The van der Waals surface area contributed by atoms with Crippen molar-refractivity contribution in [1.82, 2.24) is 4.98 Å². The van der Waals surface area contributed by atoms with E-state index in [2.05, 4.69) is 42.5 Å². The summed E-state index contributed by atoms with van der Waals surface area (Å²) < 4.78 is 0. The molecule has 1 heterocycles. The van der Waals surface area contributed by atoms with Crippen LogP contribution < -0.4 is 0 Å². The summed E-state index contributed by atoms with van der Waals surface area (Å²) in [6, 6.07) is 22.8. The van der Waals surface area contributed by atoms with E-state index in [1.54, 1.807) is 6.07 Å². The van der Waals surface area contributed by atoms with Crippen LogP contribution >= 0.6 is 0 Å². The molecule has 1 aromatic heterocycles. The normalized spacial score (nSPS) is 12.6. The third-order valence-corrected chi connectivity index (χ3v) is 5.36. The molecular weight excluding hydrogens is 318 g/mol. The molecule has 1 aliphatic carbocycles. The van der Waals surface area contributed by atoms with Crippen molar-refractivity contribution in [3.63, 3.8) is 0 Å². The molecule has 5 rings (SSSR count). The van der Waals surface area contributed by atoms with E-state index >= 15 is 0 Å². The zero-order chi connectivity index (χ0) is 17.5. The zero-order valence-corrected chi connectivity index (χ0v) is 14.4. The summed E-state index contributed by atoms with van der Waals surface area (Å²) in [5.74, 6) is 0.353. The molecule has 0 fully saturated rings. The Morgan fingerprint density at radius 1 is 0.846 bits per heavy atom. The number of fused-ring (bicyclic) bond motifs is 4. The lowest BCUT2D eigenvalue weighted by Gasteiger charge is -2.19. The van der Waals surface area contributed by atoms with Crippen LogP contribution in [0, 0.1) is 0 Å². The van der Waals surface area contributed by atoms with E-state index in [-0.39, 0.29) is 0 Å². The molecule has 0 bridgehead atoms. The van der Waals surface area contributed by atoms with E-state index in [1.165, 1.54) is 16.7 Å². The number of benzene rings is 3. The van der Waals surface area contributed by atoms with Crippen LogP contribution in [0.15, 0.2) is 72.9 Å². The molecule has 4 aromatic rings. The number of aryl methyl sites for hydroxylation is 2. The summed E-state index contributed by atoms with van der Waals surface area (Å²) in [4.78, 5) is 4.78. The van der Waals surface area contributed by atoms with Crippen LogP contribution in [0.5, 0.6) is 5.75 Å². The molecule has 0 saturated heterocycles. The molecule has 1 aliphatic rings. The fourth-order valence-corrected chi connectivity index (χ4v) is 4.04. The number of rotatable bonds is 2. The smallest absolute Gasteiger partial charge is 0.119 e. The summed E-state index contributed by atoms with van der Waals surface area (Å²) in [6.45, 7) is 0. The number of phenols is 1. The third-order valence-electron chi connectivity index (χ3n) is 5.36. The Bertz CT molecular complexity index is 1130. The molecule has 1 N–H and O–H groups in total. The lowest BCUT2D eigenvalue weighted by Crippen LogP contribution is -2.06. The summed E-state index contributed by atoms with van der Waals surface area (Å²) in [6.07, 6.45) is 4.74. The summed E-state index contributed by atoms with van der Waals surface area (Å²) in [7, 11) is 0. The summed E-state index contributed by atoms with van der Waals surface area (Å²) >= 11 is 0. The Morgan fingerprint density at radius 3 is 2.62 bits per heavy atom. The number of phenolic OH excluding ortho intramolecular Hbond substituents is 1. The van der Waals surface area contributed by atoms with Gasteiger partial charge in [0.05, 0.1) is 5.69 Å². The average Bonchev–Trinajstić information content (AvgIpc) is 2.70. The number of pyridine rings is 1. The number of hydrogen-bond acceptors (Lipinski definition) is 2. The van der Waals surface area contributed by atoms with Gasteiger partial charge < -0.3 is 5.11 Å². The first-order valence-electron chi connectivity index (χ1n) is 9.05. The van der Waals surface area contributed by atoms with Gasteiger partial charge in [0.1, 0.15) is 5.75 Å². The molecule has 26 heavy (non-hydrogen) atoms. The zero-order valence-electron chi connectivity index (χ0n) is 14.4. The topological polar surface area (TPSA) is 33.1 Å². The molecule has 0 amide bonds. The second-order valence-electron chi connectivity index (χ2n) is 6.97. The van der Waals surface area contributed by atoms with E-state index in [0.29, 0.717) is 12.2 Å². The van der Waals surface area contributed by atoms with E-state index in [4.69, 9.17) is 4.98 Å². The average molecular weight is 337 g/mol. The van der Waals surface area contributed by atoms with E-state index < -0.39 is 0 Å². The highest BCUT2D eigenvalue weighted by molar-refractivity contribution is 5.88. The third kappa shape index (κ3) is 2.46. The van der Waals surface area contributed by atoms with Gasteiger partial charge in [-0.3, -0.25) is 4.98 Å². The molecule has 2 heteroatoms. The van der Waals surface area contributed by atoms with Crippen molar-refractivity contribution < 1.29 is 5.11 Å². The summed E-state index contributed by atoms with van der Waals surface area (Å²) in [5.41, 5.74) is 7.18. The predicted molar refractivity (Wildman–Crippen MR) is 105 cm³/mol. The molecule has 0 spiro atoms. The molecule has 0 aliphatic heterocycles. The number of hydrogen-bond donors (Lipinski definition) is 1. The Balaban J connectivity index is 1.57. The fraction of sp³-hybridized carbons (Fsp3) is 0.125. The maximum atomic E-state index is 10.4. The Hall–Kier alpha value is -3.13. The van der Waals surface area contributed by atoms with Gasteiger partial charge >= 0.3 is 0 Å². The van der Waals surface area contributed by atoms with Crippen molar-refractivity contribution >= 4 is 10.8 Å². The molecular formula is C24H19NO. The number of aromatic hydroxyl groups is 1. The van der Waals surface area contributed by atoms with Crippen molar-refractivity contribution in [2.45, 2.75) is 19.3 Å². The SMILES string of the molecule is Oc1ccc2ccccc2c1Cc1cnc2c(c1)CCc1ccccc1-2. The minimum absolute atomic E-state index is 0.353. The monoisotopic (exact) mass is 337 g/mol. The van der Waals surface area contributed by atoms with Crippen LogP contribution in [0.1, 0.15) is 22.3 Å². The van der Waals surface area contributed by atoms with Crippen LogP contribution in [0.25, 0.3) is 22.0 Å². The van der Waals surface area contributed by atoms with Gasteiger partial charge in [0.15, 0.2) is 0 Å². The van der Waals surface area contributed by atoms with Crippen LogP contribution in [0.3, 0.4) is 0 Å². The largest absolute Gasteiger partial charge is 0.508 e. The van der Waals surface area contributed by atoms with Gasteiger partial charge in [-0.2, -0.15) is 0 Å². The molecule has 0 atom stereocenters. The van der Waals surface area contributed by atoms with Gasteiger partial charge in [0, 0.05) is 23.7 Å². The van der Waals surface area contributed by atoms with Crippen molar-refractivity contribution in [2.75, 3.05) is 0 Å². The minimum atomic E-state index is 0.353. The highest BCUT2D eigenvalue weighted by atomic mass is 16.3. The fourth-order valence-electron chi connectivity index (χ4n) is 4.04. The van der Waals surface area contributed by atoms with Crippen molar-refractivity contribution in [1.29, 1.82) is 0 Å². The lowest BCUT2D eigenvalue weighted by molar-refractivity contribution is 0.470. The predicted octanol–water partition coefficient (Wildman–Crippen LogP) is 5.30. The molecule has 126 valence electrons. The standard InChI is InChI=1S/C24H19NO/c26-23-12-11-17-5-1-3-7-20(17)22(23)14-16-13-19-10-9-18-6-2-4-8-21(18)24(19)25-15-16/h1-8,11-13,15,26H,9-10,14H2. The first kappa shape index (κ1) is 15.2. The van der Waals surface area contributed by atoms with Crippen molar-refractivity contribution in [3.05, 3.63) is 95.2 Å². The second kappa shape index (κ2) is 5.99. The van der Waals surface area contributed by atoms with Crippen LogP contribution in [-0.4, -0.2) is 10.1 Å². The highest BCUT2D eigenvalue weighted by Crippen LogP contribution is 2.34. The van der Waals surface area contributed by atoms with Gasteiger partial charge in [-0.05, 0) is 46.4 Å². The number of aromatic nitrogens is 1. The quantitative estimate of drug-likeness (QED) is 0.538. The van der Waals surface area contributed by atoms with Gasteiger partial charge in [-0.15, -0.1) is 0 Å². The van der Waals surface area contributed by atoms with Gasteiger partial charge in [0.25, 0.3) is 0 Å².